The molecular weight excluding hydrogens is 281 g/mol. The number of anilines is 1. The first-order valence-electron chi connectivity index (χ1n) is 5.90. The summed E-state index contributed by atoms with van der Waals surface area (Å²) in [6.07, 6.45) is 0. The summed E-state index contributed by atoms with van der Waals surface area (Å²) >= 11 is 5.79. The maximum absolute atomic E-state index is 13.4. The van der Waals surface area contributed by atoms with Gasteiger partial charge in [0.25, 0.3) is 0 Å². The molecule has 0 aliphatic heterocycles. The van der Waals surface area contributed by atoms with Gasteiger partial charge in [-0.1, -0.05) is 12.1 Å². The van der Waals surface area contributed by atoms with E-state index in [1.54, 1.807) is 31.3 Å². The second-order valence-electron chi connectivity index (χ2n) is 4.35. The third kappa shape index (κ3) is 2.06. The second-order valence-corrected chi connectivity index (χ2v) is 4.72. The van der Waals surface area contributed by atoms with E-state index < -0.39 is 0 Å². The summed E-state index contributed by atoms with van der Waals surface area (Å²) in [6.45, 7) is 0. The first-order valence-corrected chi connectivity index (χ1v) is 6.28. The monoisotopic (exact) mass is 291 g/mol. The van der Waals surface area contributed by atoms with Gasteiger partial charge in [0.1, 0.15) is 17.3 Å². The number of hydrogen-bond donors (Lipinski definition) is 1. The molecule has 1 aromatic carbocycles. The van der Waals surface area contributed by atoms with Gasteiger partial charge in [-0.3, -0.25) is 4.68 Å². The zero-order chi connectivity index (χ0) is 14.3. The SMILES string of the molecule is Cn1nc(-c2ccc(Cl)o2)c(-c2cccc(F)c2)c1N. The molecular formula is C14H11ClFN3O. The molecule has 0 spiro atoms. The van der Waals surface area contributed by atoms with Gasteiger partial charge in [0.05, 0.1) is 5.56 Å². The van der Waals surface area contributed by atoms with Gasteiger partial charge < -0.3 is 10.2 Å². The lowest BCUT2D eigenvalue weighted by Crippen LogP contribution is -1.98. The maximum atomic E-state index is 13.4. The van der Waals surface area contributed by atoms with Crippen LogP contribution in [0.5, 0.6) is 0 Å². The summed E-state index contributed by atoms with van der Waals surface area (Å²) in [5.41, 5.74) is 7.82. The minimum absolute atomic E-state index is 0.259. The van der Waals surface area contributed by atoms with Crippen LogP contribution in [0.3, 0.4) is 0 Å². The van der Waals surface area contributed by atoms with Gasteiger partial charge in [0.2, 0.25) is 0 Å². The highest BCUT2D eigenvalue weighted by Crippen LogP contribution is 2.37. The lowest BCUT2D eigenvalue weighted by atomic mass is 10.0. The quantitative estimate of drug-likeness (QED) is 0.783. The number of hydrogen-bond acceptors (Lipinski definition) is 3. The van der Waals surface area contributed by atoms with Crippen LogP contribution in [-0.2, 0) is 7.05 Å². The summed E-state index contributed by atoms with van der Waals surface area (Å²) in [4.78, 5) is 0. The molecule has 6 heteroatoms. The topological polar surface area (TPSA) is 57.0 Å². The Morgan fingerprint density at radius 1 is 1.30 bits per heavy atom. The van der Waals surface area contributed by atoms with Gasteiger partial charge in [-0.15, -0.1) is 0 Å². The zero-order valence-electron chi connectivity index (χ0n) is 10.6. The number of rotatable bonds is 2. The highest BCUT2D eigenvalue weighted by molar-refractivity contribution is 6.29. The van der Waals surface area contributed by atoms with Crippen LogP contribution < -0.4 is 5.73 Å². The Hall–Kier alpha value is -2.27. The molecule has 20 heavy (non-hydrogen) atoms. The molecule has 0 aliphatic rings. The summed E-state index contributed by atoms with van der Waals surface area (Å²) in [5, 5.41) is 4.58. The van der Waals surface area contributed by atoms with Crippen molar-refractivity contribution >= 4 is 17.4 Å². The number of furan rings is 1. The van der Waals surface area contributed by atoms with Gasteiger partial charge in [-0.25, -0.2) is 4.39 Å². The van der Waals surface area contributed by atoms with E-state index in [4.69, 9.17) is 21.8 Å². The lowest BCUT2D eigenvalue weighted by Gasteiger charge is -2.03. The number of aryl methyl sites for hydroxylation is 1. The maximum Gasteiger partial charge on any atom is 0.194 e. The van der Waals surface area contributed by atoms with Crippen molar-refractivity contribution in [1.29, 1.82) is 0 Å². The van der Waals surface area contributed by atoms with E-state index in [0.29, 0.717) is 28.4 Å². The normalized spacial score (nSPS) is 10.9. The molecule has 3 aromatic rings. The Balaban J connectivity index is 2.24. The first kappa shape index (κ1) is 12.7. The van der Waals surface area contributed by atoms with Gasteiger partial charge in [0, 0.05) is 7.05 Å². The Morgan fingerprint density at radius 2 is 2.10 bits per heavy atom. The van der Waals surface area contributed by atoms with E-state index in [9.17, 15) is 4.39 Å². The average Bonchev–Trinajstić information content (AvgIpc) is 2.95. The summed E-state index contributed by atoms with van der Waals surface area (Å²) in [6, 6.07) is 9.49. The summed E-state index contributed by atoms with van der Waals surface area (Å²) in [5.74, 6) is 0.578. The molecule has 3 rings (SSSR count). The first-order chi connectivity index (χ1) is 9.56. The zero-order valence-corrected chi connectivity index (χ0v) is 11.4. The van der Waals surface area contributed by atoms with Crippen molar-refractivity contribution in [3.63, 3.8) is 0 Å². The Labute approximate surface area is 119 Å². The Bertz CT molecular complexity index is 779. The molecule has 0 unspecified atom stereocenters. The van der Waals surface area contributed by atoms with E-state index in [2.05, 4.69) is 5.10 Å². The second kappa shape index (κ2) is 4.68. The molecule has 102 valence electrons. The molecule has 0 fully saturated rings. The average molecular weight is 292 g/mol. The molecule has 2 N–H and O–H groups in total. The van der Waals surface area contributed by atoms with Crippen LogP contribution in [0.15, 0.2) is 40.8 Å². The largest absolute Gasteiger partial charge is 0.443 e. The molecule has 0 saturated carbocycles. The fourth-order valence-corrected chi connectivity index (χ4v) is 2.23. The third-order valence-electron chi connectivity index (χ3n) is 3.01. The van der Waals surface area contributed by atoms with E-state index in [0.717, 1.165) is 0 Å². The molecule has 0 radical (unpaired) electrons. The summed E-state index contributed by atoms with van der Waals surface area (Å²) < 4.78 is 20.3. The van der Waals surface area contributed by atoms with Crippen molar-refractivity contribution in [1.82, 2.24) is 9.78 Å². The number of aromatic nitrogens is 2. The predicted octanol–water partition coefficient (Wildman–Crippen LogP) is 3.72. The molecule has 0 saturated heterocycles. The van der Waals surface area contributed by atoms with Crippen LogP contribution in [0.1, 0.15) is 0 Å². The fraction of sp³-hybridized carbons (Fsp3) is 0.0714. The number of nitrogens with zero attached hydrogens (tertiary/aromatic N) is 2. The smallest absolute Gasteiger partial charge is 0.194 e. The third-order valence-corrected chi connectivity index (χ3v) is 3.21. The lowest BCUT2D eigenvalue weighted by molar-refractivity contribution is 0.580. The minimum Gasteiger partial charge on any atom is -0.443 e. The molecule has 0 aliphatic carbocycles. The van der Waals surface area contributed by atoms with E-state index in [1.807, 2.05) is 0 Å². The van der Waals surface area contributed by atoms with Crippen molar-refractivity contribution < 1.29 is 8.81 Å². The van der Waals surface area contributed by atoms with Crippen LogP contribution in [0.2, 0.25) is 5.22 Å². The van der Waals surface area contributed by atoms with E-state index in [-0.39, 0.29) is 11.0 Å². The highest BCUT2D eigenvalue weighted by Gasteiger charge is 2.20. The number of benzene rings is 1. The van der Waals surface area contributed by atoms with Gasteiger partial charge in [-0.2, -0.15) is 5.10 Å². The Morgan fingerprint density at radius 3 is 2.75 bits per heavy atom. The van der Waals surface area contributed by atoms with Crippen LogP contribution in [0.25, 0.3) is 22.6 Å². The van der Waals surface area contributed by atoms with Crippen molar-refractivity contribution in [2.24, 2.45) is 7.05 Å². The van der Waals surface area contributed by atoms with E-state index >= 15 is 0 Å². The number of halogens is 2. The van der Waals surface area contributed by atoms with Crippen molar-refractivity contribution in [2.75, 3.05) is 5.73 Å². The Kier molecular flexibility index (Phi) is 2.99. The molecule has 2 aromatic heterocycles. The van der Waals surface area contributed by atoms with E-state index in [1.165, 1.54) is 16.8 Å². The fourth-order valence-electron chi connectivity index (χ4n) is 2.08. The van der Waals surface area contributed by atoms with Gasteiger partial charge in [0.15, 0.2) is 11.0 Å². The van der Waals surface area contributed by atoms with Gasteiger partial charge in [-0.05, 0) is 41.4 Å². The summed E-state index contributed by atoms with van der Waals surface area (Å²) in [7, 11) is 1.71. The highest BCUT2D eigenvalue weighted by atomic mass is 35.5. The molecule has 4 nitrogen and oxygen atoms in total. The standard InChI is InChI=1S/C14H11ClFN3O/c1-19-14(17)12(8-3-2-4-9(16)7-8)13(18-19)10-5-6-11(15)20-10/h2-7H,17H2,1H3. The molecule has 2 heterocycles. The number of nitrogens with two attached hydrogens (primary N) is 1. The predicted molar refractivity (Wildman–Crippen MR) is 75.7 cm³/mol. The van der Waals surface area contributed by atoms with Crippen LogP contribution in [0, 0.1) is 5.82 Å². The van der Waals surface area contributed by atoms with Crippen molar-refractivity contribution in [3.05, 3.63) is 47.4 Å². The van der Waals surface area contributed by atoms with Crippen molar-refractivity contribution in [2.45, 2.75) is 0 Å². The van der Waals surface area contributed by atoms with Gasteiger partial charge >= 0.3 is 0 Å². The number of nitrogen functional groups attached to an aromatic ring is 1. The molecule has 0 atom stereocenters. The molecule has 0 amide bonds. The van der Waals surface area contributed by atoms with Crippen LogP contribution in [0.4, 0.5) is 10.2 Å². The molecule has 0 bridgehead atoms. The van der Waals surface area contributed by atoms with Crippen LogP contribution in [-0.4, -0.2) is 9.78 Å². The minimum atomic E-state index is -0.339. The van der Waals surface area contributed by atoms with Crippen molar-refractivity contribution in [3.8, 4) is 22.6 Å². The van der Waals surface area contributed by atoms with Crippen LogP contribution >= 0.6 is 11.6 Å².